The maximum Gasteiger partial charge on any atom is 0.0713 e. The smallest absolute Gasteiger partial charge is 0.0683 e. The van der Waals surface area contributed by atoms with Crippen molar-refractivity contribution in [3.05, 3.63) is 130 Å². The van der Waals surface area contributed by atoms with Crippen LogP contribution in [0.2, 0.25) is 0 Å². The molecule has 0 unspecified atom stereocenters. The molecule has 0 heteroatoms. The Morgan fingerprint density at radius 1 is 0.371 bits per heavy atom. The van der Waals surface area contributed by atoms with Gasteiger partial charge < -0.3 is 0 Å². The van der Waals surface area contributed by atoms with Crippen molar-refractivity contribution in [1.82, 2.24) is 0 Å². The Bertz CT molecular complexity index is 1020. The van der Waals surface area contributed by atoms with Crippen molar-refractivity contribution in [1.29, 1.82) is 0 Å². The van der Waals surface area contributed by atoms with Gasteiger partial charge in [0.25, 0.3) is 0 Å². The van der Waals surface area contributed by atoms with Crippen LogP contribution in [-0.2, 0) is 5.41 Å². The molecule has 4 aromatic rings. The maximum atomic E-state index is 2.30. The molecule has 1 aliphatic rings. The molecule has 0 aromatic heterocycles. The fourth-order valence-electron chi connectivity index (χ4n) is 4.63. The second-order valence-corrected chi connectivity index (χ2v) is 7.57. The van der Waals surface area contributed by atoms with Gasteiger partial charge in [-0.15, -0.1) is 0 Å². The highest BCUT2D eigenvalue weighted by Crippen LogP contribution is 2.55. The summed E-state index contributed by atoms with van der Waals surface area (Å²) < 4.78 is 0. The maximum absolute atomic E-state index is 2.30. The summed E-state index contributed by atoms with van der Waals surface area (Å²) in [7, 11) is 0. The van der Waals surface area contributed by atoms with Gasteiger partial charge in [0.2, 0.25) is 0 Å². The van der Waals surface area contributed by atoms with Crippen LogP contribution in [0.1, 0.15) is 88.8 Å². The molecular weight excluding hydrogens is 420 g/mol. The highest BCUT2D eigenvalue weighted by atomic mass is 14.5. The summed E-state index contributed by atoms with van der Waals surface area (Å²) in [6.07, 6.45) is 0. The molecule has 0 spiro atoms. The first-order chi connectivity index (χ1) is 17.2. The van der Waals surface area contributed by atoms with E-state index in [1.54, 1.807) is 0 Å². The van der Waals surface area contributed by atoms with E-state index in [1.165, 1.54) is 44.5 Å². The van der Waals surface area contributed by atoms with Gasteiger partial charge >= 0.3 is 0 Å². The summed E-state index contributed by atoms with van der Waals surface area (Å²) in [5.74, 6) is 0. The molecule has 0 bridgehead atoms. The number of hydrogen-bond donors (Lipinski definition) is 0. The monoisotopic (exact) mass is 466 g/mol. The third-order valence-corrected chi connectivity index (χ3v) is 5.92. The predicted octanol–water partition coefficient (Wildman–Crippen LogP) is 10.8. The molecule has 0 amide bonds. The summed E-state index contributed by atoms with van der Waals surface area (Å²) in [6, 6.07) is 35.9. The highest BCUT2D eigenvalue weighted by Gasteiger charge is 2.45. The molecule has 0 fully saturated rings. The molecule has 0 N–H and O–H groups in total. The number of fused-ring (bicyclic) bond motifs is 3. The SMILES string of the molecule is CC.CC.CC.CC.Cc1ccc(C2(c3ccc(C)cc3)c3ccccc3-c3ccccc32)cc1. The molecule has 0 saturated carbocycles. The average molecular weight is 467 g/mol. The first-order valence-electron chi connectivity index (χ1n) is 13.5. The molecule has 0 aliphatic heterocycles. The molecule has 1 aliphatic carbocycles. The average Bonchev–Trinajstić information content (AvgIpc) is 3.25. The van der Waals surface area contributed by atoms with E-state index in [1.807, 2.05) is 55.4 Å². The molecule has 4 aromatic carbocycles. The molecule has 5 rings (SSSR count). The van der Waals surface area contributed by atoms with Gasteiger partial charge in [-0.2, -0.15) is 0 Å². The van der Waals surface area contributed by atoms with Crippen molar-refractivity contribution >= 4 is 0 Å². The van der Waals surface area contributed by atoms with Gasteiger partial charge in [-0.3, -0.25) is 0 Å². The van der Waals surface area contributed by atoms with Crippen LogP contribution in [0.4, 0.5) is 0 Å². The van der Waals surface area contributed by atoms with E-state index in [9.17, 15) is 0 Å². The van der Waals surface area contributed by atoms with Gasteiger partial charge in [-0.25, -0.2) is 0 Å². The number of benzene rings is 4. The Morgan fingerprint density at radius 3 is 0.971 bits per heavy atom. The van der Waals surface area contributed by atoms with Crippen molar-refractivity contribution < 1.29 is 0 Å². The molecule has 35 heavy (non-hydrogen) atoms. The van der Waals surface area contributed by atoms with Crippen LogP contribution in [-0.4, -0.2) is 0 Å². The van der Waals surface area contributed by atoms with Crippen molar-refractivity contribution in [2.45, 2.75) is 74.7 Å². The van der Waals surface area contributed by atoms with Gasteiger partial charge in [0.05, 0.1) is 5.41 Å². The van der Waals surface area contributed by atoms with E-state index in [4.69, 9.17) is 0 Å². The summed E-state index contributed by atoms with van der Waals surface area (Å²) in [5.41, 5.74) is 10.4. The van der Waals surface area contributed by atoms with Gasteiger partial charge in [0.15, 0.2) is 0 Å². The quantitative estimate of drug-likeness (QED) is 0.243. The molecule has 0 radical (unpaired) electrons. The lowest BCUT2D eigenvalue weighted by atomic mass is 9.67. The minimum atomic E-state index is -0.269. The van der Waals surface area contributed by atoms with E-state index in [0.717, 1.165) is 0 Å². The third kappa shape index (κ3) is 5.76. The zero-order valence-corrected chi connectivity index (χ0v) is 23.7. The second-order valence-electron chi connectivity index (χ2n) is 7.57. The standard InChI is InChI=1S/C27H22.4C2H6/c1-19-11-15-21(16-12-19)27(22-17-13-20(2)14-18-22)25-9-5-3-7-23(25)24-8-4-6-10-26(24)27;4*1-2/h3-18H,1-2H3;4*1-2H3. The Kier molecular flexibility index (Phi) is 12.8. The number of aryl methyl sites for hydroxylation is 2. The summed E-state index contributed by atoms with van der Waals surface area (Å²) >= 11 is 0. The van der Waals surface area contributed by atoms with E-state index < -0.39 is 0 Å². The van der Waals surface area contributed by atoms with Crippen LogP contribution in [0.25, 0.3) is 11.1 Å². The summed E-state index contributed by atoms with van der Waals surface area (Å²) in [4.78, 5) is 0. The Labute approximate surface area is 216 Å². The van der Waals surface area contributed by atoms with Crippen molar-refractivity contribution in [3.8, 4) is 11.1 Å². The van der Waals surface area contributed by atoms with Gasteiger partial charge in [-0.05, 0) is 47.2 Å². The topological polar surface area (TPSA) is 0 Å². The first-order valence-corrected chi connectivity index (χ1v) is 13.5. The predicted molar refractivity (Wildman–Crippen MR) is 159 cm³/mol. The molecular formula is C35H46. The van der Waals surface area contributed by atoms with E-state index in [2.05, 4.69) is 111 Å². The number of hydrogen-bond acceptors (Lipinski definition) is 0. The Balaban J connectivity index is 0.000000699. The minimum Gasteiger partial charge on any atom is -0.0683 e. The second kappa shape index (κ2) is 15.0. The van der Waals surface area contributed by atoms with Crippen molar-refractivity contribution in [2.75, 3.05) is 0 Å². The van der Waals surface area contributed by atoms with E-state index >= 15 is 0 Å². The van der Waals surface area contributed by atoms with Crippen molar-refractivity contribution in [2.24, 2.45) is 0 Å². The lowest BCUT2D eigenvalue weighted by molar-refractivity contribution is 0.767. The van der Waals surface area contributed by atoms with Gasteiger partial charge in [0.1, 0.15) is 0 Å². The van der Waals surface area contributed by atoms with Crippen LogP contribution in [0.15, 0.2) is 97.1 Å². The summed E-state index contributed by atoms with van der Waals surface area (Å²) in [6.45, 7) is 20.3. The van der Waals surface area contributed by atoms with Crippen LogP contribution < -0.4 is 0 Å². The number of rotatable bonds is 2. The fraction of sp³-hybridized carbons (Fsp3) is 0.314. The zero-order chi connectivity index (χ0) is 26.4. The Morgan fingerprint density at radius 2 is 0.657 bits per heavy atom. The molecule has 0 nitrogen and oxygen atoms in total. The highest BCUT2D eigenvalue weighted by molar-refractivity contribution is 5.86. The zero-order valence-electron chi connectivity index (χ0n) is 23.7. The van der Waals surface area contributed by atoms with Crippen LogP contribution in [0.3, 0.4) is 0 Å². The van der Waals surface area contributed by atoms with Crippen LogP contribution >= 0.6 is 0 Å². The van der Waals surface area contributed by atoms with E-state index in [0.29, 0.717) is 0 Å². The van der Waals surface area contributed by atoms with Crippen LogP contribution in [0, 0.1) is 13.8 Å². The lowest BCUT2D eigenvalue weighted by Crippen LogP contribution is -2.28. The van der Waals surface area contributed by atoms with E-state index in [-0.39, 0.29) is 5.41 Å². The molecule has 0 atom stereocenters. The normalized spacial score (nSPS) is 11.4. The van der Waals surface area contributed by atoms with Gasteiger partial charge in [0, 0.05) is 0 Å². The van der Waals surface area contributed by atoms with Crippen molar-refractivity contribution in [3.63, 3.8) is 0 Å². The molecule has 186 valence electrons. The third-order valence-electron chi connectivity index (χ3n) is 5.92. The first kappa shape index (κ1) is 29.9. The molecule has 0 heterocycles. The Hall–Kier alpha value is -3.12. The molecule has 0 saturated heterocycles. The largest absolute Gasteiger partial charge is 0.0713 e. The summed E-state index contributed by atoms with van der Waals surface area (Å²) in [5, 5.41) is 0. The fourth-order valence-corrected chi connectivity index (χ4v) is 4.63. The van der Waals surface area contributed by atoms with Crippen LogP contribution in [0.5, 0.6) is 0 Å². The van der Waals surface area contributed by atoms with Gasteiger partial charge in [-0.1, -0.05) is 164 Å². The minimum absolute atomic E-state index is 0.269. The lowest BCUT2D eigenvalue weighted by Gasteiger charge is -2.34.